The van der Waals surface area contributed by atoms with Crippen LogP contribution in [0.5, 0.6) is 0 Å². The van der Waals surface area contributed by atoms with Gasteiger partial charge in [-0.1, -0.05) is 79.8 Å². The van der Waals surface area contributed by atoms with Gasteiger partial charge in [-0.15, -0.1) is 0 Å². The second-order valence-corrected chi connectivity index (χ2v) is 6.95. The zero-order valence-electron chi connectivity index (χ0n) is 17.1. The molecule has 1 amide bonds. The molecular formula is C24H37NOS. The largest absolute Gasteiger partial charge is 0.355 e. The molecular weight excluding hydrogens is 350 g/mol. The summed E-state index contributed by atoms with van der Waals surface area (Å²) >= 11 is 1.74. The fourth-order valence-corrected chi connectivity index (χ4v) is 2.38. The van der Waals surface area contributed by atoms with Crippen molar-refractivity contribution in [3.8, 4) is 0 Å². The molecule has 0 heterocycles. The van der Waals surface area contributed by atoms with Crippen LogP contribution in [-0.4, -0.2) is 24.5 Å². The summed E-state index contributed by atoms with van der Waals surface area (Å²) in [6.45, 7) is 2.91. The number of allylic oxidation sites excluding steroid dienone is 11. The zero-order valence-corrected chi connectivity index (χ0v) is 17.9. The molecule has 0 saturated carbocycles. The molecule has 0 spiro atoms. The smallest absolute Gasteiger partial charge is 0.223 e. The lowest BCUT2D eigenvalue weighted by molar-refractivity contribution is -0.120. The van der Waals surface area contributed by atoms with Crippen molar-refractivity contribution in [3.05, 3.63) is 72.9 Å². The van der Waals surface area contributed by atoms with Crippen molar-refractivity contribution < 1.29 is 4.79 Å². The molecule has 150 valence electrons. The van der Waals surface area contributed by atoms with Crippen LogP contribution in [0.4, 0.5) is 0 Å². The van der Waals surface area contributed by atoms with Crippen LogP contribution in [0.3, 0.4) is 0 Å². The minimum atomic E-state index is 0.101. The monoisotopic (exact) mass is 387 g/mol. The normalized spacial score (nSPS) is 12.8. The molecule has 27 heavy (non-hydrogen) atoms. The van der Waals surface area contributed by atoms with Gasteiger partial charge in [0.25, 0.3) is 0 Å². The van der Waals surface area contributed by atoms with Crippen LogP contribution >= 0.6 is 11.8 Å². The number of amides is 1. The Hall–Kier alpha value is -1.74. The van der Waals surface area contributed by atoms with E-state index in [-0.39, 0.29) is 5.91 Å². The van der Waals surface area contributed by atoms with E-state index >= 15 is 0 Å². The van der Waals surface area contributed by atoms with Gasteiger partial charge in [0.15, 0.2) is 0 Å². The van der Waals surface area contributed by atoms with Gasteiger partial charge in [-0.25, -0.2) is 0 Å². The summed E-state index contributed by atoms with van der Waals surface area (Å²) in [6, 6.07) is 0. The predicted octanol–water partition coefficient (Wildman–Crippen LogP) is 6.55. The van der Waals surface area contributed by atoms with Crippen LogP contribution in [-0.2, 0) is 4.79 Å². The molecule has 0 rings (SSSR count). The average molecular weight is 388 g/mol. The van der Waals surface area contributed by atoms with E-state index in [0.717, 1.165) is 50.8 Å². The summed E-state index contributed by atoms with van der Waals surface area (Å²) in [4.78, 5) is 11.5. The van der Waals surface area contributed by atoms with Crippen LogP contribution in [0.25, 0.3) is 0 Å². The molecule has 0 aliphatic carbocycles. The Kier molecular flexibility index (Phi) is 20.9. The highest BCUT2D eigenvalue weighted by Gasteiger charge is 1.95. The summed E-state index contributed by atoms with van der Waals surface area (Å²) in [5.74, 6) is 1.07. The summed E-state index contributed by atoms with van der Waals surface area (Å²) in [7, 11) is 0. The molecule has 0 saturated heterocycles. The molecule has 0 atom stereocenters. The highest BCUT2D eigenvalue weighted by atomic mass is 32.2. The summed E-state index contributed by atoms with van der Waals surface area (Å²) in [5, 5.41) is 2.89. The van der Waals surface area contributed by atoms with Gasteiger partial charge in [-0.3, -0.25) is 4.79 Å². The Morgan fingerprint density at radius 1 is 0.704 bits per heavy atom. The molecule has 0 fully saturated rings. The van der Waals surface area contributed by atoms with Gasteiger partial charge in [0.2, 0.25) is 5.91 Å². The number of rotatable bonds is 16. The molecule has 0 radical (unpaired) electrons. The zero-order chi connectivity index (χ0) is 19.8. The van der Waals surface area contributed by atoms with E-state index in [0.29, 0.717) is 6.42 Å². The van der Waals surface area contributed by atoms with Crippen molar-refractivity contribution in [2.75, 3.05) is 18.6 Å². The fourth-order valence-electron chi connectivity index (χ4n) is 2.08. The average Bonchev–Trinajstić information content (AvgIpc) is 2.67. The molecule has 3 heteroatoms. The Morgan fingerprint density at radius 2 is 1.11 bits per heavy atom. The Morgan fingerprint density at radius 3 is 1.52 bits per heavy atom. The molecule has 2 nitrogen and oxygen atoms in total. The molecule has 0 aliphatic heterocycles. The molecule has 0 aromatic carbocycles. The first-order valence-electron chi connectivity index (χ1n) is 9.96. The van der Waals surface area contributed by atoms with Crippen molar-refractivity contribution in [1.29, 1.82) is 0 Å². The number of carbonyl (C=O) groups excluding carboxylic acids is 1. The SMILES string of the molecule is CC/C=C\C/C=C\C/C=C\C/C=C\C/C=C\C/C=C\CC(=O)NCCSC. The van der Waals surface area contributed by atoms with Crippen LogP contribution in [0.1, 0.15) is 51.9 Å². The molecule has 0 unspecified atom stereocenters. The third-order valence-electron chi connectivity index (χ3n) is 3.53. The third-order valence-corrected chi connectivity index (χ3v) is 4.14. The van der Waals surface area contributed by atoms with E-state index in [1.54, 1.807) is 11.8 Å². The Balaban J connectivity index is 3.57. The van der Waals surface area contributed by atoms with E-state index in [4.69, 9.17) is 0 Å². The van der Waals surface area contributed by atoms with E-state index < -0.39 is 0 Å². The van der Waals surface area contributed by atoms with E-state index in [1.807, 2.05) is 18.4 Å². The number of carbonyl (C=O) groups is 1. The lowest BCUT2D eigenvalue weighted by Gasteiger charge is -2.00. The van der Waals surface area contributed by atoms with Gasteiger partial charge >= 0.3 is 0 Å². The van der Waals surface area contributed by atoms with Crippen molar-refractivity contribution in [1.82, 2.24) is 5.32 Å². The Bertz CT molecular complexity index is 512. The second kappa shape index (κ2) is 22.3. The summed E-state index contributed by atoms with van der Waals surface area (Å²) < 4.78 is 0. The topological polar surface area (TPSA) is 29.1 Å². The number of thioether (sulfide) groups is 1. The standard InChI is InChI=1S/C24H37NOS/c1-3-4-5-6-7-8-9-10-11-12-13-14-15-16-17-18-19-20-21-24(26)25-22-23-27-2/h4-5,7-8,10-11,13-14,16-17,19-20H,3,6,9,12,15,18,21-23H2,1-2H3,(H,25,26)/b5-4-,8-7-,11-10-,14-13-,17-16-,20-19-. The van der Waals surface area contributed by atoms with Crippen molar-refractivity contribution in [3.63, 3.8) is 0 Å². The van der Waals surface area contributed by atoms with Crippen LogP contribution < -0.4 is 5.32 Å². The second-order valence-electron chi connectivity index (χ2n) is 5.96. The van der Waals surface area contributed by atoms with E-state index in [1.165, 1.54) is 0 Å². The van der Waals surface area contributed by atoms with Crippen molar-refractivity contribution >= 4 is 17.7 Å². The lowest BCUT2D eigenvalue weighted by Crippen LogP contribution is -2.24. The molecule has 1 N–H and O–H groups in total. The molecule has 0 aromatic heterocycles. The quantitative estimate of drug-likeness (QED) is 0.240. The molecule has 0 aliphatic rings. The summed E-state index contributed by atoms with van der Waals surface area (Å²) in [5.41, 5.74) is 0. The van der Waals surface area contributed by atoms with E-state index in [2.05, 4.69) is 73.0 Å². The van der Waals surface area contributed by atoms with E-state index in [9.17, 15) is 4.79 Å². The summed E-state index contributed by atoms with van der Waals surface area (Å²) in [6.07, 6.45) is 34.4. The van der Waals surface area contributed by atoms with Gasteiger partial charge < -0.3 is 5.32 Å². The van der Waals surface area contributed by atoms with Gasteiger partial charge in [-0.05, 0) is 44.8 Å². The number of nitrogens with one attached hydrogen (secondary N) is 1. The first-order chi connectivity index (χ1) is 13.3. The van der Waals surface area contributed by atoms with Gasteiger partial charge in [0.1, 0.15) is 0 Å². The highest BCUT2D eigenvalue weighted by molar-refractivity contribution is 7.98. The van der Waals surface area contributed by atoms with Crippen LogP contribution in [0.2, 0.25) is 0 Å². The highest BCUT2D eigenvalue weighted by Crippen LogP contribution is 1.97. The maximum absolute atomic E-state index is 11.5. The predicted molar refractivity (Wildman–Crippen MR) is 124 cm³/mol. The first-order valence-corrected chi connectivity index (χ1v) is 11.4. The van der Waals surface area contributed by atoms with Crippen molar-refractivity contribution in [2.24, 2.45) is 0 Å². The first kappa shape index (κ1) is 25.3. The van der Waals surface area contributed by atoms with Gasteiger partial charge in [0, 0.05) is 18.7 Å². The number of hydrogen-bond donors (Lipinski definition) is 1. The van der Waals surface area contributed by atoms with Crippen LogP contribution in [0, 0.1) is 0 Å². The minimum Gasteiger partial charge on any atom is -0.355 e. The fraction of sp³-hybridized carbons (Fsp3) is 0.458. The third kappa shape index (κ3) is 22.2. The minimum absolute atomic E-state index is 0.101. The van der Waals surface area contributed by atoms with Gasteiger partial charge in [0.05, 0.1) is 0 Å². The molecule has 0 bridgehead atoms. The van der Waals surface area contributed by atoms with Gasteiger partial charge in [-0.2, -0.15) is 11.8 Å². The number of hydrogen-bond acceptors (Lipinski definition) is 2. The molecule has 0 aromatic rings. The van der Waals surface area contributed by atoms with Crippen molar-refractivity contribution in [2.45, 2.75) is 51.9 Å². The van der Waals surface area contributed by atoms with Crippen LogP contribution in [0.15, 0.2) is 72.9 Å². The maximum atomic E-state index is 11.5. The maximum Gasteiger partial charge on any atom is 0.223 e. The Labute approximate surface area is 171 Å². The lowest BCUT2D eigenvalue weighted by atomic mass is 10.2.